The van der Waals surface area contributed by atoms with E-state index < -0.39 is 0 Å². The van der Waals surface area contributed by atoms with Crippen LogP contribution in [-0.2, 0) is 11.3 Å². The molecule has 0 bridgehead atoms. The molecule has 140 valence electrons. The van der Waals surface area contributed by atoms with Crippen LogP contribution in [0.4, 0.5) is 4.79 Å². The van der Waals surface area contributed by atoms with E-state index in [9.17, 15) is 9.59 Å². The van der Waals surface area contributed by atoms with Gasteiger partial charge in [0.05, 0.1) is 27.5 Å². The van der Waals surface area contributed by atoms with Crippen LogP contribution in [0.2, 0.25) is 10.0 Å². The third-order valence-electron chi connectivity index (χ3n) is 3.74. The lowest BCUT2D eigenvalue weighted by Crippen LogP contribution is -2.27. The molecule has 0 saturated carbocycles. The summed E-state index contributed by atoms with van der Waals surface area (Å²) in [4.78, 5) is 26.5. The van der Waals surface area contributed by atoms with Crippen molar-refractivity contribution in [2.24, 2.45) is 0 Å². The van der Waals surface area contributed by atoms with E-state index in [0.717, 1.165) is 26.3 Å². The Morgan fingerprint density at radius 2 is 1.81 bits per heavy atom. The molecule has 4 nitrogen and oxygen atoms in total. The van der Waals surface area contributed by atoms with Gasteiger partial charge in [0.15, 0.2) is 0 Å². The largest absolute Gasteiger partial charge is 0.494 e. The molecule has 1 aliphatic rings. The highest BCUT2D eigenvalue weighted by Crippen LogP contribution is 2.38. The van der Waals surface area contributed by atoms with Crippen LogP contribution in [0.5, 0.6) is 5.75 Å². The Morgan fingerprint density at radius 3 is 2.41 bits per heavy atom. The van der Waals surface area contributed by atoms with Gasteiger partial charge < -0.3 is 4.74 Å². The van der Waals surface area contributed by atoms with Crippen molar-refractivity contribution in [1.82, 2.24) is 4.90 Å². The normalized spacial score (nSPS) is 15.7. The number of thioether (sulfide) groups is 1. The van der Waals surface area contributed by atoms with Crippen molar-refractivity contribution in [3.05, 3.63) is 65.4 Å². The molecule has 2 aromatic carbocycles. The Bertz CT molecular complexity index is 958. The first-order valence-corrected chi connectivity index (χ1v) is 10.7. The topological polar surface area (TPSA) is 46.6 Å². The second kappa shape index (κ2) is 8.57. The number of amides is 2. The molecule has 2 aromatic rings. The van der Waals surface area contributed by atoms with Crippen LogP contribution >= 0.6 is 66.8 Å². The van der Waals surface area contributed by atoms with Crippen LogP contribution < -0.4 is 4.74 Å². The number of carbonyl (C=O) groups is 2. The highest BCUT2D eigenvalue weighted by atomic mass is 79.9. The van der Waals surface area contributed by atoms with Gasteiger partial charge in [-0.05, 0) is 85.1 Å². The lowest BCUT2D eigenvalue weighted by atomic mass is 10.2. The summed E-state index contributed by atoms with van der Waals surface area (Å²) in [5.41, 5.74) is 1.41. The minimum Gasteiger partial charge on any atom is -0.494 e. The number of nitrogens with zero attached hydrogens (tertiary/aromatic N) is 1. The molecule has 0 unspecified atom stereocenters. The summed E-state index contributed by atoms with van der Waals surface area (Å²) in [5.74, 6) is 0.289. The van der Waals surface area contributed by atoms with E-state index in [1.807, 2.05) is 12.1 Å². The Hall–Kier alpha value is -0.990. The average molecular weight is 552 g/mol. The van der Waals surface area contributed by atoms with E-state index in [-0.39, 0.29) is 17.7 Å². The number of methoxy groups -OCH3 is 1. The van der Waals surface area contributed by atoms with Gasteiger partial charge in [-0.15, -0.1) is 0 Å². The number of carbonyl (C=O) groups excluding carboxylic acids is 2. The number of benzene rings is 2. The van der Waals surface area contributed by atoms with Crippen molar-refractivity contribution in [3.63, 3.8) is 0 Å². The number of hydrogen-bond acceptors (Lipinski definition) is 4. The highest BCUT2D eigenvalue weighted by molar-refractivity contribution is 9.11. The summed E-state index contributed by atoms with van der Waals surface area (Å²) >= 11 is 19.8. The molecule has 1 aliphatic heterocycles. The fourth-order valence-corrected chi connectivity index (χ4v) is 5.32. The monoisotopic (exact) mass is 549 g/mol. The molecule has 9 heteroatoms. The first-order chi connectivity index (χ1) is 12.8. The Kier molecular flexibility index (Phi) is 6.58. The third kappa shape index (κ3) is 4.54. The molecule has 3 rings (SSSR count). The number of imide groups is 1. The minimum absolute atomic E-state index is 0.0913. The van der Waals surface area contributed by atoms with Crippen LogP contribution in [0.1, 0.15) is 11.1 Å². The smallest absolute Gasteiger partial charge is 0.293 e. The predicted octanol–water partition coefficient (Wildman–Crippen LogP) is 6.76. The van der Waals surface area contributed by atoms with E-state index in [4.69, 9.17) is 27.9 Å². The van der Waals surface area contributed by atoms with Crippen LogP contribution in [0.15, 0.2) is 44.2 Å². The van der Waals surface area contributed by atoms with Gasteiger partial charge in [-0.25, -0.2) is 0 Å². The molecule has 1 saturated heterocycles. The summed E-state index contributed by atoms with van der Waals surface area (Å²) < 4.78 is 6.74. The maximum absolute atomic E-state index is 12.7. The summed E-state index contributed by atoms with van der Waals surface area (Å²) in [6, 6.07) is 8.58. The second-order valence-electron chi connectivity index (χ2n) is 5.52. The van der Waals surface area contributed by atoms with Gasteiger partial charge in [0.1, 0.15) is 5.75 Å². The predicted molar refractivity (Wildman–Crippen MR) is 116 cm³/mol. The average Bonchev–Trinajstić information content (AvgIpc) is 2.84. The van der Waals surface area contributed by atoms with Crippen molar-refractivity contribution in [2.45, 2.75) is 6.54 Å². The molecule has 0 aliphatic carbocycles. The number of ether oxygens (including phenoxy) is 1. The van der Waals surface area contributed by atoms with E-state index in [2.05, 4.69) is 31.9 Å². The van der Waals surface area contributed by atoms with Crippen molar-refractivity contribution < 1.29 is 14.3 Å². The van der Waals surface area contributed by atoms with Crippen LogP contribution in [0.3, 0.4) is 0 Å². The Balaban J connectivity index is 1.86. The minimum atomic E-state index is -0.362. The number of hydrogen-bond donors (Lipinski definition) is 0. The molecular formula is C18H11Br2Cl2NO3S. The van der Waals surface area contributed by atoms with Crippen LogP contribution in [-0.4, -0.2) is 23.2 Å². The van der Waals surface area contributed by atoms with E-state index in [1.54, 1.807) is 31.4 Å². The molecule has 2 amide bonds. The first-order valence-electron chi connectivity index (χ1n) is 7.52. The van der Waals surface area contributed by atoms with Crippen molar-refractivity contribution in [2.75, 3.05) is 7.11 Å². The van der Waals surface area contributed by atoms with Gasteiger partial charge in [-0.1, -0.05) is 29.3 Å². The SMILES string of the molecule is COc1c(Br)cc(/C=C2\SC(=O)N(Cc3ccc(Cl)cc3Cl)C2=O)cc1Br. The zero-order valence-electron chi connectivity index (χ0n) is 13.8. The van der Waals surface area contributed by atoms with Gasteiger partial charge in [0, 0.05) is 10.0 Å². The zero-order valence-corrected chi connectivity index (χ0v) is 19.3. The maximum atomic E-state index is 12.7. The van der Waals surface area contributed by atoms with Gasteiger partial charge in [-0.3, -0.25) is 14.5 Å². The Morgan fingerprint density at radius 1 is 1.15 bits per heavy atom. The quantitative estimate of drug-likeness (QED) is 0.394. The summed E-state index contributed by atoms with van der Waals surface area (Å²) in [6.07, 6.45) is 1.67. The Labute approximate surface area is 187 Å². The summed E-state index contributed by atoms with van der Waals surface area (Å²) in [5, 5.41) is 0.561. The molecule has 0 spiro atoms. The highest BCUT2D eigenvalue weighted by Gasteiger charge is 2.35. The molecule has 0 aromatic heterocycles. The number of halogens is 4. The van der Waals surface area contributed by atoms with Crippen molar-refractivity contribution in [1.29, 1.82) is 0 Å². The second-order valence-corrected chi connectivity index (χ2v) is 9.07. The standard InChI is InChI=1S/C18H11Br2Cl2NO3S/c1-26-16-12(19)4-9(5-13(16)20)6-15-17(24)23(18(25)27-15)8-10-2-3-11(21)7-14(10)22/h2-7H,8H2,1H3/b15-6-. The number of rotatable bonds is 4. The molecule has 27 heavy (non-hydrogen) atoms. The molecular weight excluding hydrogens is 541 g/mol. The van der Waals surface area contributed by atoms with Crippen LogP contribution in [0.25, 0.3) is 6.08 Å². The molecule has 0 N–H and O–H groups in total. The van der Waals surface area contributed by atoms with Crippen molar-refractivity contribution in [3.8, 4) is 5.75 Å². The van der Waals surface area contributed by atoms with Crippen molar-refractivity contribution >= 4 is 84.0 Å². The lowest BCUT2D eigenvalue weighted by Gasteiger charge is -2.13. The molecule has 0 atom stereocenters. The molecule has 0 radical (unpaired) electrons. The van der Waals surface area contributed by atoms with E-state index in [0.29, 0.717) is 26.3 Å². The van der Waals surface area contributed by atoms with Crippen LogP contribution in [0, 0.1) is 0 Å². The third-order valence-corrected chi connectivity index (χ3v) is 6.41. The van der Waals surface area contributed by atoms with Gasteiger partial charge in [-0.2, -0.15) is 0 Å². The summed E-state index contributed by atoms with van der Waals surface area (Å²) in [6.45, 7) is 0.0913. The molecule has 1 fully saturated rings. The first kappa shape index (κ1) is 20.7. The maximum Gasteiger partial charge on any atom is 0.293 e. The fourth-order valence-electron chi connectivity index (χ4n) is 2.47. The molecule has 1 heterocycles. The fraction of sp³-hybridized carbons (Fsp3) is 0.111. The zero-order chi connectivity index (χ0) is 19.7. The van der Waals surface area contributed by atoms with Gasteiger partial charge in [0.25, 0.3) is 11.1 Å². The lowest BCUT2D eigenvalue weighted by molar-refractivity contribution is -0.123. The van der Waals surface area contributed by atoms with E-state index in [1.165, 1.54) is 4.90 Å². The van der Waals surface area contributed by atoms with Gasteiger partial charge in [0.2, 0.25) is 0 Å². The van der Waals surface area contributed by atoms with E-state index >= 15 is 0 Å². The van der Waals surface area contributed by atoms with Gasteiger partial charge >= 0.3 is 0 Å². The summed E-state index contributed by atoms with van der Waals surface area (Å²) in [7, 11) is 1.57.